The van der Waals surface area contributed by atoms with E-state index >= 15 is 0 Å². The van der Waals surface area contributed by atoms with Crippen LogP contribution in [0.1, 0.15) is 11.6 Å². The van der Waals surface area contributed by atoms with E-state index in [1.165, 1.54) is 0 Å². The van der Waals surface area contributed by atoms with Gasteiger partial charge in [0.1, 0.15) is 18.1 Å². The summed E-state index contributed by atoms with van der Waals surface area (Å²) in [6.07, 6.45) is 3.45. The first-order valence-electron chi connectivity index (χ1n) is 8.36. The molecule has 6 heteroatoms. The fraction of sp³-hybridized carbons (Fsp3) is 0.200. The second kappa shape index (κ2) is 8.20. The van der Waals surface area contributed by atoms with E-state index in [-0.39, 0.29) is 11.7 Å². The van der Waals surface area contributed by atoms with Crippen LogP contribution in [-0.2, 0) is 4.79 Å². The Labute approximate surface area is 152 Å². The highest BCUT2D eigenvalue weighted by molar-refractivity contribution is 5.83. The lowest BCUT2D eigenvalue weighted by atomic mass is 10.1. The van der Waals surface area contributed by atoms with E-state index in [1.54, 1.807) is 59.4 Å². The molecule has 3 aromatic rings. The summed E-state index contributed by atoms with van der Waals surface area (Å²) in [7, 11) is 1.75. The second-order valence-corrected chi connectivity index (χ2v) is 5.90. The number of phenols is 1. The van der Waals surface area contributed by atoms with E-state index in [2.05, 4.69) is 5.10 Å². The van der Waals surface area contributed by atoms with Crippen molar-refractivity contribution in [1.82, 2.24) is 14.7 Å². The lowest BCUT2D eigenvalue weighted by Gasteiger charge is -2.24. The number of nitrogens with zero attached hydrogens (tertiary/aromatic N) is 3. The van der Waals surface area contributed by atoms with Gasteiger partial charge in [-0.1, -0.05) is 30.3 Å². The van der Waals surface area contributed by atoms with Crippen molar-refractivity contribution in [2.45, 2.75) is 6.04 Å². The van der Waals surface area contributed by atoms with Gasteiger partial charge in [-0.25, -0.2) is 0 Å². The van der Waals surface area contributed by atoms with E-state index in [1.807, 2.05) is 30.3 Å². The first-order chi connectivity index (χ1) is 12.6. The SMILES string of the molecule is CN(CCOc1ccc(O)cc1)C(=O)[C@@H](c1ccccc1)n1cccn1. The molecule has 26 heavy (non-hydrogen) atoms. The van der Waals surface area contributed by atoms with Crippen molar-refractivity contribution in [2.24, 2.45) is 0 Å². The van der Waals surface area contributed by atoms with E-state index in [0.29, 0.717) is 18.9 Å². The fourth-order valence-corrected chi connectivity index (χ4v) is 2.64. The Kier molecular flexibility index (Phi) is 5.53. The van der Waals surface area contributed by atoms with Gasteiger partial charge in [0.25, 0.3) is 5.91 Å². The standard InChI is InChI=1S/C20H21N3O3/c1-22(14-15-26-18-10-8-17(24)9-11-18)20(25)19(23-13-5-12-21-23)16-6-3-2-4-7-16/h2-13,19,24H,14-15H2,1H3/t19-/m1/s1. The molecule has 0 saturated heterocycles. The highest BCUT2D eigenvalue weighted by atomic mass is 16.5. The van der Waals surface area contributed by atoms with Crippen molar-refractivity contribution in [3.8, 4) is 11.5 Å². The molecule has 0 bridgehead atoms. The molecule has 0 aliphatic heterocycles. The molecule has 1 N–H and O–H groups in total. The quantitative estimate of drug-likeness (QED) is 0.711. The molecule has 6 nitrogen and oxygen atoms in total. The first-order valence-corrected chi connectivity index (χ1v) is 8.36. The topological polar surface area (TPSA) is 67.6 Å². The number of carbonyl (C=O) groups excluding carboxylic acids is 1. The molecule has 1 amide bonds. The number of carbonyl (C=O) groups is 1. The van der Waals surface area contributed by atoms with Gasteiger partial charge in [0.05, 0.1) is 6.54 Å². The normalized spacial score (nSPS) is 11.7. The maximum absolute atomic E-state index is 13.0. The van der Waals surface area contributed by atoms with Gasteiger partial charge in [0, 0.05) is 19.4 Å². The Morgan fingerprint density at radius 2 is 1.88 bits per heavy atom. The number of ether oxygens (including phenoxy) is 1. The molecular weight excluding hydrogens is 330 g/mol. The van der Waals surface area contributed by atoms with E-state index in [4.69, 9.17) is 4.74 Å². The van der Waals surface area contributed by atoms with Crippen LogP contribution >= 0.6 is 0 Å². The number of hydrogen-bond acceptors (Lipinski definition) is 4. The summed E-state index contributed by atoms with van der Waals surface area (Å²) in [6.45, 7) is 0.790. The lowest BCUT2D eigenvalue weighted by molar-refractivity contribution is -0.132. The first kappa shape index (κ1) is 17.5. The van der Waals surface area contributed by atoms with Crippen LogP contribution in [0.25, 0.3) is 0 Å². The minimum Gasteiger partial charge on any atom is -0.508 e. The number of hydrogen-bond donors (Lipinski definition) is 1. The Morgan fingerprint density at radius 1 is 1.15 bits per heavy atom. The second-order valence-electron chi connectivity index (χ2n) is 5.90. The molecule has 2 aromatic carbocycles. The van der Waals surface area contributed by atoms with Gasteiger partial charge in [-0.05, 0) is 35.9 Å². The summed E-state index contributed by atoms with van der Waals surface area (Å²) in [5.74, 6) is 0.777. The number of likely N-dealkylation sites (N-methyl/N-ethyl adjacent to an activating group) is 1. The lowest BCUT2D eigenvalue weighted by Crippen LogP contribution is -2.37. The number of amides is 1. The third-order valence-corrected chi connectivity index (χ3v) is 4.05. The molecule has 0 unspecified atom stereocenters. The Balaban J connectivity index is 1.65. The maximum Gasteiger partial charge on any atom is 0.251 e. The van der Waals surface area contributed by atoms with Crippen LogP contribution in [0.2, 0.25) is 0 Å². The predicted molar refractivity (Wildman–Crippen MR) is 98.0 cm³/mol. The van der Waals surface area contributed by atoms with Crippen LogP contribution in [0.5, 0.6) is 11.5 Å². The fourth-order valence-electron chi connectivity index (χ4n) is 2.64. The average Bonchev–Trinajstić information content (AvgIpc) is 3.18. The summed E-state index contributed by atoms with van der Waals surface area (Å²) in [5, 5.41) is 13.5. The van der Waals surface area contributed by atoms with Crippen LogP contribution in [0.15, 0.2) is 73.1 Å². The van der Waals surface area contributed by atoms with Gasteiger partial charge in [-0.15, -0.1) is 0 Å². The van der Waals surface area contributed by atoms with Crippen LogP contribution in [0.4, 0.5) is 0 Å². The zero-order valence-electron chi connectivity index (χ0n) is 14.5. The summed E-state index contributed by atoms with van der Waals surface area (Å²) < 4.78 is 7.29. The Morgan fingerprint density at radius 3 is 2.54 bits per heavy atom. The number of rotatable bonds is 7. The molecule has 0 aliphatic carbocycles. The number of aromatic hydroxyl groups is 1. The van der Waals surface area contributed by atoms with E-state index in [0.717, 1.165) is 5.56 Å². The van der Waals surface area contributed by atoms with Crippen molar-refractivity contribution < 1.29 is 14.6 Å². The average molecular weight is 351 g/mol. The molecule has 0 aliphatic rings. The highest BCUT2D eigenvalue weighted by Gasteiger charge is 2.25. The van der Waals surface area contributed by atoms with Crippen molar-refractivity contribution in [1.29, 1.82) is 0 Å². The van der Waals surface area contributed by atoms with Gasteiger partial charge in [0.15, 0.2) is 6.04 Å². The van der Waals surface area contributed by atoms with Gasteiger partial charge in [0.2, 0.25) is 0 Å². The van der Waals surface area contributed by atoms with Crippen LogP contribution < -0.4 is 4.74 Å². The van der Waals surface area contributed by atoms with Gasteiger partial charge >= 0.3 is 0 Å². The molecule has 0 spiro atoms. The third-order valence-electron chi connectivity index (χ3n) is 4.05. The summed E-state index contributed by atoms with van der Waals surface area (Å²) in [4.78, 5) is 14.6. The minimum absolute atomic E-state index is 0.0609. The maximum atomic E-state index is 13.0. The van der Waals surface area contributed by atoms with Gasteiger partial charge < -0.3 is 14.7 Å². The monoisotopic (exact) mass is 351 g/mol. The molecule has 0 saturated carbocycles. The largest absolute Gasteiger partial charge is 0.508 e. The predicted octanol–water partition coefficient (Wildman–Crippen LogP) is 2.72. The summed E-state index contributed by atoms with van der Waals surface area (Å²) >= 11 is 0. The molecule has 0 radical (unpaired) electrons. The summed E-state index contributed by atoms with van der Waals surface area (Å²) in [6, 6.07) is 17.4. The smallest absolute Gasteiger partial charge is 0.251 e. The zero-order chi connectivity index (χ0) is 18.4. The third kappa shape index (κ3) is 4.22. The highest BCUT2D eigenvalue weighted by Crippen LogP contribution is 2.20. The minimum atomic E-state index is -0.509. The number of benzene rings is 2. The molecule has 3 rings (SSSR count). The van der Waals surface area contributed by atoms with Crippen molar-refractivity contribution >= 4 is 5.91 Å². The van der Waals surface area contributed by atoms with Crippen LogP contribution in [0, 0.1) is 0 Å². The Bertz CT molecular complexity index is 817. The molecule has 0 fully saturated rings. The van der Waals surface area contributed by atoms with Crippen molar-refractivity contribution in [2.75, 3.05) is 20.2 Å². The molecule has 1 heterocycles. The number of aromatic nitrogens is 2. The molecular formula is C20H21N3O3. The van der Waals surface area contributed by atoms with Crippen molar-refractivity contribution in [3.05, 3.63) is 78.6 Å². The number of phenolic OH excluding ortho intramolecular Hbond substituents is 1. The Hall–Kier alpha value is -3.28. The van der Waals surface area contributed by atoms with Crippen LogP contribution in [-0.4, -0.2) is 45.9 Å². The van der Waals surface area contributed by atoms with Gasteiger partial charge in [-0.2, -0.15) is 5.10 Å². The summed E-state index contributed by atoms with van der Waals surface area (Å²) in [5.41, 5.74) is 0.882. The molecule has 1 aromatic heterocycles. The zero-order valence-corrected chi connectivity index (χ0v) is 14.5. The van der Waals surface area contributed by atoms with Crippen LogP contribution in [0.3, 0.4) is 0 Å². The van der Waals surface area contributed by atoms with Gasteiger partial charge in [-0.3, -0.25) is 9.48 Å². The molecule has 1 atom stereocenters. The molecule has 134 valence electrons. The van der Waals surface area contributed by atoms with E-state index < -0.39 is 6.04 Å². The van der Waals surface area contributed by atoms with Crippen molar-refractivity contribution in [3.63, 3.8) is 0 Å². The van der Waals surface area contributed by atoms with E-state index in [9.17, 15) is 9.90 Å².